The highest BCUT2D eigenvalue weighted by Gasteiger charge is 2.76. The molecule has 0 aromatic heterocycles. The van der Waals surface area contributed by atoms with Crippen LogP contribution in [0.5, 0.6) is 17.2 Å². The number of primary amides is 1. The number of amides is 5. The van der Waals surface area contributed by atoms with Crippen molar-refractivity contribution in [3.05, 3.63) is 194 Å². The van der Waals surface area contributed by atoms with Crippen LogP contribution >= 0.6 is 0 Å². The van der Waals surface area contributed by atoms with E-state index in [9.17, 15) is 20.0 Å². The Morgan fingerprint density at radius 3 is 2.21 bits per heavy atom. The zero-order valence-electron chi connectivity index (χ0n) is 41.8. The molecule has 4 aliphatic rings. The Balaban J connectivity index is 1.24. The molecule has 4 aliphatic heterocycles. The van der Waals surface area contributed by atoms with Gasteiger partial charge >= 0.3 is 18.1 Å². The third-order valence-corrected chi connectivity index (χ3v) is 14.6. The van der Waals surface area contributed by atoms with E-state index in [2.05, 4.69) is 17.2 Å². The van der Waals surface area contributed by atoms with Crippen molar-refractivity contribution in [2.24, 2.45) is 11.7 Å². The Labute approximate surface area is 442 Å². The lowest BCUT2D eigenvalue weighted by molar-refractivity contribution is -0.384. The summed E-state index contributed by atoms with van der Waals surface area (Å²) < 4.78 is 29.9. The van der Waals surface area contributed by atoms with Crippen LogP contribution in [0.25, 0.3) is 0 Å². The molecule has 10 rings (SSSR count). The summed E-state index contributed by atoms with van der Waals surface area (Å²) in [5.41, 5.74) is 7.21. The van der Waals surface area contributed by atoms with Crippen LogP contribution in [-0.2, 0) is 48.8 Å². The quantitative estimate of drug-likeness (QED) is 0.0479. The van der Waals surface area contributed by atoms with Crippen LogP contribution in [0.1, 0.15) is 62.7 Å². The van der Waals surface area contributed by atoms with Crippen molar-refractivity contribution in [3.8, 4) is 29.1 Å². The zero-order chi connectivity index (χ0) is 54.0. The summed E-state index contributed by atoms with van der Waals surface area (Å²) in [5, 5.41) is 23.8. The van der Waals surface area contributed by atoms with Crippen molar-refractivity contribution in [2.75, 3.05) is 45.4 Å². The van der Waals surface area contributed by atoms with Crippen LogP contribution in [0.3, 0.4) is 0 Å². The minimum atomic E-state index is -2.21. The maximum absolute atomic E-state index is 16.8. The fourth-order valence-corrected chi connectivity index (χ4v) is 11.4. The van der Waals surface area contributed by atoms with E-state index in [-0.39, 0.29) is 49.8 Å². The SMILES string of the molecule is COc1cc2c(cc1OC)CN(C(=O)[C@@H]1[C@H]3C(=O)O[C@H](c4ccccc4)[C@H](c4ccccc4)N3[C@H](c3cccc(OCCO)c3)[C@@]13C(=O)N(C(=O)OCc1ccc([N+](=O)[O-])cc1)c1ccc(C#CCNC(N)=O)cc13)CC2. The Hall–Kier alpha value is -9.25. The third kappa shape index (κ3) is 9.38. The number of ether oxygens (including phenoxy) is 5. The molecule has 2 fully saturated rings. The number of nitro groups is 1. The number of nitrogens with one attached hydrogen (secondary N) is 1. The Morgan fingerprint density at radius 2 is 1.53 bits per heavy atom. The first-order valence-electron chi connectivity index (χ1n) is 24.7. The highest BCUT2D eigenvalue weighted by molar-refractivity contribution is 6.23. The second kappa shape index (κ2) is 21.5. The summed E-state index contributed by atoms with van der Waals surface area (Å²) >= 11 is 0. The Morgan fingerprint density at radius 1 is 0.844 bits per heavy atom. The third-order valence-electron chi connectivity index (χ3n) is 14.6. The molecule has 4 N–H and O–H groups in total. The fraction of sp³-hybridized carbons (Fsp3) is 0.259. The minimum absolute atomic E-state index is 0.0323. The average molecular weight is 1040 g/mol. The number of benzene rings is 6. The number of fused-ring (bicyclic) bond motifs is 4. The van der Waals surface area contributed by atoms with E-state index < -0.39 is 77.0 Å². The maximum atomic E-state index is 16.8. The number of hydrogen-bond acceptors (Lipinski definition) is 14. The predicted octanol–water partition coefficient (Wildman–Crippen LogP) is 6.59. The summed E-state index contributed by atoms with van der Waals surface area (Å²) in [6.07, 6.45) is -1.79. The number of non-ortho nitro benzene ring substituents is 1. The fourth-order valence-electron chi connectivity index (χ4n) is 11.4. The molecule has 6 aromatic rings. The van der Waals surface area contributed by atoms with Crippen molar-refractivity contribution >= 4 is 41.3 Å². The number of rotatable bonds is 13. The second-order valence-electron chi connectivity index (χ2n) is 18.8. The number of anilines is 1. The summed E-state index contributed by atoms with van der Waals surface area (Å²) in [4.78, 5) is 91.2. The molecule has 5 amide bonds. The van der Waals surface area contributed by atoms with Gasteiger partial charge in [0.2, 0.25) is 11.8 Å². The first-order chi connectivity index (χ1) is 37.4. The second-order valence-corrected chi connectivity index (χ2v) is 18.8. The normalized spacial score (nSPS) is 21.2. The van der Waals surface area contributed by atoms with Crippen LogP contribution < -0.4 is 30.2 Å². The first-order valence-corrected chi connectivity index (χ1v) is 24.7. The number of cyclic esters (lactones) is 1. The summed E-state index contributed by atoms with van der Waals surface area (Å²) in [5.74, 6) is 3.21. The molecule has 6 aromatic carbocycles. The van der Waals surface area contributed by atoms with E-state index in [4.69, 9.17) is 29.4 Å². The summed E-state index contributed by atoms with van der Waals surface area (Å²) in [7, 11) is 3.05. The van der Waals surface area contributed by atoms with E-state index in [0.29, 0.717) is 51.5 Å². The van der Waals surface area contributed by atoms with Crippen molar-refractivity contribution < 1.29 is 57.7 Å². The maximum Gasteiger partial charge on any atom is 0.421 e. The largest absolute Gasteiger partial charge is 0.493 e. The number of imide groups is 1. The molecule has 6 atom stereocenters. The highest BCUT2D eigenvalue weighted by atomic mass is 16.6. The number of aliphatic hydroxyl groups is 1. The number of morpholine rings is 1. The highest BCUT2D eigenvalue weighted by Crippen LogP contribution is 2.66. The lowest BCUT2D eigenvalue weighted by Crippen LogP contribution is -2.57. The average Bonchev–Trinajstić information content (AvgIpc) is 4.15. The molecule has 4 heterocycles. The zero-order valence-corrected chi connectivity index (χ0v) is 41.8. The molecule has 77 heavy (non-hydrogen) atoms. The van der Waals surface area contributed by atoms with Crippen molar-refractivity contribution in [3.63, 3.8) is 0 Å². The van der Waals surface area contributed by atoms with E-state index in [1.807, 2.05) is 71.6 Å². The molecule has 1 spiro atoms. The molecule has 19 heteroatoms. The molecule has 0 unspecified atom stereocenters. The van der Waals surface area contributed by atoms with Gasteiger partial charge in [0, 0.05) is 30.8 Å². The van der Waals surface area contributed by atoms with E-state index in [1.165, 1.54) is 44.6 Å². The molecule has 0 aliphatic carbocycles. The molecular weight excluding hydrogens is 989 g/mol. The van der Waals surface area contributed by atoms with Gasteiger partial charge in [-0.05, 0) is 100.0 Å². The number of methoxy groups -OCH3 is 2. The predicted molar refractivity (Wildman–Crippen MR) is 277 cm³/mol. The van der Waals surface area contributed by atoms with Gasteiger partial charge in [-0.25, -0.2) is 14.5 Å². The van der Waals surface area contributed by atoms with Gasteiger partial charge in [-0.1, -0.05) is 84.6 Å². The van der Waals surface area contributed by atoms with Gasteiger partial charge in [0.15, 0.2) is 11.5 Å². The number of nitrogens with zero attached hydrogens (tertiary/aromatic N) is 4. The Bertz CT molecular complexity index is 3350. The van der Waals surface area contributed by atoms with Gasteiger partial charge in [0.05, 0.1) is 56.0 Å². The molecule has 0 radical (unpaired) electrons. The molecule has 0 saturated carbocycles. The number of carbonyl (C=O) groups is 5. The van der Waals surface area contributed by atoms with E-state index >= 15 is 19.2 Å². The molecule has 19 nitrogen and oxygen atoms in total. The van der Waals surface area contributed by atoms with E-state index in [0.717, 1.165) is 16.0 Å². The summed E-state index contributed by atoms with van der Waals surface area (Å²) in [6, 6.07) is 34.6. The Kier molecular flexibility index (Phi) is 14.3. The van der Waals surface area contributed by atoms with Gasteiger partial charge in [-0.15, -0.1) is 0 Å². The number of carbonyl (C=O) groups excluding carboxylic acids is 5. The van der Waals surface area contributed by atoms with E-state index in [1.54, 1.807) is 47.4 Å². The molecule has 2 saturated heterocycles. The van der Waals surface area contributed by atoms with Crippen LogP contribution in [0.2, 0.25) is 0 Å². The van der Waals surface area contributed by atoms with Gasteiger partial charge in [0.1, 0.15) is 36.5 Å². The monoisotopic (exact) mass is 1040 g/mol. The van der Waals surface area contributed by atoms with Crippen molar-refractivity contribution in [2.45, 2.75) is 49.2 Å². The number of esters is 1. The smallest absolute Gasteiger partial charge is 0.421 e. The number of hydrogen-bond donors (Lipinski definition) is 3. The lowest BCUT2D eigenvalue weighted by Gasteiger charge is -2.46. The van der Waals surface area contributed by atoms with Crippen LogP contribution in [-0.4, -0.2) is 96.3 Å². The minimum Gasteiger partial charge on any atom is -0.493 e. The summed E-state index contributed by atoms with van der Waals surface area (Å²) in [6.45, 7) is -0.768. The topological polar surface area (TPSA) is 243 Å². The molecule has 392 valence electrons. The van der Waals surface area contributed by atoms with Gasteiger partial charge in [-0.2, -0.15) is 0 Å². The first kappa shape index (κ1) is 51.2. The number of nitrogens with two attached hydrogens (primary N) is 1. The van der Waals surface area contributed by atoms with Gasteiger partial charge in [-0.3, -0.25) is 29.4 Å². The van der Waals surface area contributed by atoms with Gasteiger partial charge < -0.3 is 44.7 Å². The van der Waals surface area contributed by atoms with Gasteiger partial charge in [0.25, 0.3) is 5.69 Å². The van der Waals surface area contributed by atoms with Crippen molar-refractivity contribution in [1.82, 2.24) is 15.1 Å². The number of urea groups is 1. The van der Waals surface area contributed by atoms with Crippen molar-refractivity contribution in [1.29, 1.82) is 0 Å². The van der Waals surface area contributed by atoms with Crippen LogP contribution in [0.4, 0.5) is 21.0 Å². The number of aliphatic hydroxyl groups excluding tert-OH is 1. The number of nitro benzene ring substituents is 1. The molecule has 0 bridgehead atoms. The lowest BCUT2D eigenvalue weighted by atomic mass is 9.64. The van der Waals surface area contributed by atoms with Crippen LogP contribution in [0, 0.1) is 27.9 Å². The standard InChI is InChI=1S/C58H52N6O13/c1-73-46-31-39-24-26-61(33-41(39)32-47(46)74-2)53(66)48-50-54(67)77-51(38-14-7-4-8-15-38)49(37-12-5-3-6-13-37)63(50)52(40-16-9-17-43(30-40)75-28-27-65)58(48)44-29-35(11-10-25-60-56(59)69)20-23-45(44)62(55(58)68)57(70)76-34-36-18-21-42(22-19-36)64(71)72/h3-9,12-23,29-32,48-52,65H,24-28,33-34H2,1-2H3,(H3,59,60,69)/t48-,49-,50-,51+,52+,58-/m0/s1. The molecular formula is C58H52N6O13. The van der Waals surface area contributed by atoms with Crippen LogP contribution in [0.15, 0.2) is 140 Å².